The summed E-state index contributed by atoms with van der Waals surface area (Å²) in [6.07, 6.45) is 2.81. The Hall–Kier alpha value is -2.28. The van der Waals surface area contributed by atoms with Gasteiger partial charge < -0.3 is 9.64 Å². The highest BCUT2D eigenvalue weighted by Crippen LogP contribution is 2.46. The average molecular weight is 431 g/mol. The van der Waals surface area contributed by atoms with E-state index in [0.717, 1.165) is 34.2 Å². The first kappa shape index (κ1) is 22.4. The summed E-state index contributed by atoms with van der Waals surface area (Å²) in [5.41, 5.74) is 4.53. The first-order valence-corrected chi connectivity index (χ1v) is 11.0. The number of benzene rings is 1. The minimum atomic E-state index is -0.617. The lowest BCUT2D eigenvalue weighted by atomic mass is 9.78. The van der Waals surface area contributed by atoms with E-state index >= 15 is 0 Å². The van der Waals surface area contributed by atoms with Gasteiger partial charge in [-0.25, -0.2) is 0 Å². The largest absolute Gasteiger partial charge is 0.468 e. The number of rotatable bonds is 4. The van der Waals surface area contributed by atoms with Crippen LogP contribution in [0.25, 0.3) is 6.08 Å². The van der Waals surface area contributed by atoms with Crippen molar-refractivity contribution in [2.75, 3.05) is 18.6 Å². The summed E-state index contributed by atoms with van der Waals surface area (Å²) < 4.78 is 4.58. The van der Waals surface area contributed by atoms with Gasteiger partial charge in [0.05, 0.1) is 12.0 Å². The summed E-state index contributed by atoms with van der Waals surface area (Å²) in [5, 5.41) is -0.451. The monoisotopic (exact) mass is 430 g/mol. The zero-order valence-electron chi connectivity index (χ0n) is 18.7. The summed E-state index contributed by atoms with van der Waals surface area (Å²) >= 11 is 0.862. The lowest BCUT2D eigenvalue weighted by Crippen LogP contribution is -2.51. The van der Waals surface area contributed by atoms with Crippen molar-refractivity contribution in [3.05, 3.63) is 33.7 Å². The molecule has 2 amide bonds. The maximum absolute atomic E-state index is 12.7. The van der Waals surface area contributed by atoms with Crippen LogP contribution < -0.4 is 4.90 Å². The molecule has 0 saturated carbocycles. The third-order valence-corrected chi connectivity index (χ3v) is 6.76. The quantitative estimate of drug-likeness (QED) is 0.509. The fourth-order valence-corrected chi connectivity index (χ4v) is 5.55. The van der Waals surface area contributed by atoms with Gasteiger partial charge in [-0.15, -0.1) is 0 Å². The Balaban J connectivity index is 2.00. The highest BCUT2D eigenvalue weighted by atomic mass is 32.2. The van der Waals surface area contributed by atoms with Crippen LogP contribution in [0.2, 0.25) is 0 Å². The third kappa shape index (κ3) is 4.00. The molecule has 0 aliphatic carbocycles. The molecular weight excluding hydrogens is 400 g/mol. The van der Waals surface area contributed by atoms with Crippen molar-refractivity contribution in [3.63, 3.8) is 0 Å². The molecule has 162 valence electrons. The second-order valence-corrected chi connectivity index (χ2v) is 9.99. The van der Waals surface area contributed by atoms with Crippen LogP contribution in [0, 0.1) is 6.92 Å². The van der Waals surface area contributed by atoms with E-state index in [1.165, 1.54) is 18.4 Å². The number of ether oxygens (including phenoxy) is 1. The Morgan fingerprint density at radius 1 is 1.33 bits per heavy atom. The van der Waals surface area contributed by atoms with E-state index in [2.05, 4.69) is 56.4 Å². The number of nitrogens with zero attached hydrogens (tertiary/aromatic N) is 2. The molecule has 2 heterocycles. The van der Waals surface area contributed by atoms with E-state index in [4.69, 9.17) is 0 Å². The Labute approximate surface area is 182 Å². The van der Waals surface area contributed by atoms with Gasteiger partial charge in [-0.3, -0.25) is 19.3 Å². The van der Waals surface area contributed by atoms with Gasteiger partial charge in [-0.2, -0.15) is 0 Å². The molecule has 1 aromatic carbocycles. The van der Waals surface area contributed by atoms with Crippen molar-refractivity contribution >= 4 is 40.6 Å². The number of amides is 2. The third-order valence-electron chi connectivity index (χ3n) is 5.86. The molecule has 2 aliphatic rings. The highest BCUT2D eigenvalue weighted by Gasteiger charge is 2.39. The van der Waals surface area contributed by atoms with Gasteiger partial charge in [0.2, 0.25) is 0 Å². The molecule has 1 saturated heterocycles. The van der Waals surface area contributed by atoms with E-state index in [1.807, 2.05) is 6.92 Å². The number of fused-ring (bicyclic) bond motifs is 1. The Kier molecular flexibility index (Phi) is 6.05. The van der Waals surface area contributed by atoms with Gasteiger partial charge >= 0.3 is 5.97 Å². The summed E-state index contributed by atoms with van der Waals surface area (Å²) in [6.45, 7) is 12.9. The van der Waals surface area contributed by atoms with Crippen molar-refractivity contribution in [1.82, 2.24) is 4.90 Å². The molecule has 3 rings (SSSR count). The number of hydrogen-bond donors (Lipinski definition) is 0. The molecule has 0 bridgehead atoms. The minimum absolute atomic E-state index is 0.0606. The van der Waals surface area contributed by atoms with Crippen LogP contribution in [-0.4, -0.2) is 47.3 Å². The lowest BCUT2D eigenvalue weighted by Gasteiger charge is -2.50. The number of hydrogen-bond acceptors (Lipinski definition) is 6. The van der Waals surface area contributed by atoms with Crippen LogP contribution >= 0.6 is 11.8 Å². The molecule has 6 nitrogen and oxygen atoms in total. The summed E-state index contributed by atoms with van der Waals surface area (Å²) in [5.74, 6) is -0.689. The van der Waals surface area contributed by atoms with Crippen molar-refractivity contribution in [2.45, 2.75) is 65.5 Å². The maximum Gasteiger partial charge on any atom is 0.325 e. The van der Waals surface area contributed by atoms with E-state index < -0.39 is 17.1 Å². The van der Waals surface area contributed by atoms with Crippen LogP contribution in [0.3, 0.4) is 0 Å². The van der Waals surface area contributed by atoms with Crippen molar-refractivity contribution in [3.8, 4) is 0 Å². The number of imide groups is 1. The molecule has 2 aliphatic heterocycles. The van der Waals surface area contributed by atoms with Crippen LogP contribution in [0.5, 0.6) is 0 Å². The fourth-order valence-electron chi connectivity index (χ4n) is 4.72. The summed E-state index contributed by atoms with van der Waals surface area (Å²) in [7, 11) is 1.23. The van der Waals surface area contributed by atoms with Crippen molar-refractivity contribution in [1.29, 1.82) is 0 Å². The van der Waals surface area contributed by atoms with Gasteiger partial charge in [-0.05, 0) is 93.6 Å². The average Bonchev–Trinajstić information content (AvgIpc) is 2.89. The van der Waals surface area contributed by atoms with Gasteiger partial charge in [-0.1, -0.05) is 6.92 Å². The normalized spacial score (nSPS) is 22.1. The molecular formula is C23H30N2O4S. The minimum Gasteiger partial charge on any atom is -0.468 e. The predicted octanol–water partition coefficient (Wildman–Crippen LogP) is 4.70. The van der Waals surface area contributed by atoms with E-state index in [9.17, 15) is 14.4 Å². The standard InChI is InChI=1S/C23H30N2O4S/c1-13(2)25-18-8-14(3)16(9-17(18)15(4)11-23(25,5)6)10-19-21(27)24(22(28)30-19)12-20(26)29-7/h8-10,13,15H,11-12H2,1-7H3/b19-10+/t15-/m1/s1. The Morgan fingerprint density at radius 2 is 2.00 bits per heavy atom. The molecule has 0 aromatic heterocycles. The topological polar surface area (TPSA) is 66.9 Å². The lowest BCUT2D eigenvalue weighted by molar-refractivity contribution is -0.143. The van der Waals surface area contributed by atoms with Gasteiger partial charge in [0.25, 0.3) is 11.1 Å². The Morgan fingerprint density at radius 3 is 2.60 bits per heavy atom. The second kappa shape index (κ2) is 8.10. The van der Waals surface area contributed by atoms with Crippen molar-refractivity contribution < 1.29 is 19.1 Å². The molecule has 1 fully saturated rings. The highest BCUT2D eigenvalue weighted by molar-refractivity contribution is 8.18. The number of esters is 1. The zero-order chi connectivity index (χ0) is 22.4. The zero-order valence-corrected chi connectivity index (χ0v) is 19.6. The van der Waals surface area contributed by atoms with Gasteiger partial charge in [0.15, 0.2) is 0 Å². The molecule has 7 heteroatoms. The smallest absolute Gasteiger partial charge is 0.325 e. The van der Waals surface area contributed by atoms with E-state index in [1.54, 1.807) is 6.08 Å². The van der Waals surface area contributed by atoms with E-state index in [-0.39, 0.29) is 12.1 Å². The van der Waals surface area contributed by atoms with E-state index in [0.29, 0.717) is 16.9 Å². The van der Waals surface area contributed by atoms with Crippen LogP contribution in [-0.2, 0) is 14.3 Å². The summed E-state index contributed by atoms with van der Waals surface area (Å²) in [4.78, 5) is 40.1. The van der Waals surface area contributed by atoms with Crippen LogP contribution in [0.4, 0.5) is 10.5 Å². The number of carbonyl (C=O) groups excluding carboxylic acids is 3. The molecule has 0 radical (unpaired) electrons. The van der Waals surface area contributed by atoms with Gasteiger partial charge in [0, 0.05) is 17.3 Å². The maximum atomic E-state index is 12.7. The molecule has 0 unspecified atom stereocenters. The second-order valence-electron chi connectivity index (χ2n) is 8.99. The Bertz CT molecular complexity index is 935. The predicted molar refractivity (Wildman–Crippen MR) is 121 cm³/mol. The number of thioether (sulfide) groups is 1. The first-order chi connectivity index (χ1) is 14.0. The number of aryl methyl sites for hydroxylation is 1. The molecule has 0 spiro atoms. The number of methoxy groups -OCH3 is 1. The first-order valence-electron chi connectivity index (χ1n) is 10.2. The molecule has 0 N–H and O–H groups in total. The summed E-state index contributed by atoms with van der Waals surface area (Å²) in [6, 6.07) is 4.71. The number of carbonyl (C=O) groups is 3. The number of anilines is 1. The SMILES string of the molecule is COC(=O)CN1C(=O)S/C(=C/c2cc3c(cc2C)N(C(C)C)C(C)(C)C[C@H]3C)C1=O. The van der Waals surface area contributed by atoms with Crippen LogP contribution in [0.1, 0.15) is 63.6 Å². The van der Waals surface area contributed by atoms with Gasteiger partial charge in [0.1, 0.15) is 6.54 Å². The molecule has 1 atom stereocenters. The fraction of sp³-hybridized carbons (Fsp3) is 0.522. The van der Waals surface area contributed by atoms with Crippen molar-refractivity contribution in [2.24, 2.45) is 0 Å². The van der Waals surface area contributed by atoms with Crippen LogP contribution in [0.15, 0.2) is 17.0 Å². The molecule has 1 aromatic rings. The molecule has 30 heavy (non-hydrogen) atoms.